The molecule has 0 saturated heterocycles. The van der Waals surface area contributed by atoms with E-state index in [9.17, 15) is 0 Å². The average Bonchev–Trinajstić information content (AvgIpc) is 2.64. The van der Waals surface area contributed by atoms with Gasteiger partial charge in [0.05, 0.1) is 11.4 Å². The van der Waals surface area contributed by atoms with Crippen LogP contribution in [0.3, 0.4) is 0 Å². The minimum Gasteiger partial charge on any atom is -0.256 e. The molecule has 0 amide bonds. The lowest BCUT2D eigenvalue weighted by molar-refractivity contribution is 1.35. The maximum atomic E-state index is 4.62. The van der Waals surface area contributed by atoms with Crippen molar-refractivity contribution >= 4 is 23.8 Å². The molecule has 0 aliphatic carbocycles. The zero-order valence-electron chi connectivity index (χ0n) is 15.8. The van der Waals surface area contributed by atoms with E-state index in [1.165, 1.54) is 22.3 Å². The van der Waals surface area contributed by atoms with Gasteiger partial charge in [0.15, 0.2) is 0 Å². The van der Waals surface area contributed by atoms with Crippen molar-refractivity contribution in [3.63, 3.8) is 0 Å². The highest BCUT2D eigenvalue weighted by molar-refractivity contribution is 5.86. The highest BCUT2D eigenvalue weighted by Gasteiger charge is 1.97. The van der Waals surface area contributed by atoms with Crippen molar-refractivity contribution in [3.8, 4) is 0 Å². The highest BCUT2D eigenvalue weighted by Crippen LogP contribution is 2.21. The van der Waals surface area contributed by atoms with Gasteiger partial charge in [-0.05, 0) is 73.2 Å². The lowest BCUT2D eigenvalue weighted by Crippen LogP contribution is -1.86. The van der Waals surface area contributed by atoms with Crippen molar-refractivity contribution in [2.24, 2.45) is 9.98 Å². The van der Waals surface area contributed by atoms with Crippen LogP contribution in [0.4, 0.5) is 11.4 Å². The molecule has 0 radical (unpaired) electrons. The molecule has 3 aromatic rings. The molecule has 0 atom stereocenters. The summed E-state index contributed by atoms with van der Waals surface area (Å²) in [7, 11) is 0. The topological polar surface area (TPSA) is 24.7 Å². The third-order valence-electron chi connectivity index (χ3n) is 4.37. The van der Waals surface area contributed by atoms with Gasteiger partial charge in [0.25, 0.3) is 0 Å². The molecular weight excluding hydrogens is 316 g/mol. The Morgan fingerprint density at radius 2 is 0.923 bits per heavy atom. The second kappa shape index (κ2) is 7.92. The zero-order chi connectivity index (χ0) is 18.5. The van der Waals surface area contributed by atoms with Gasteiger partial charge in [0.2, 0.25) is 0 Å². The molecule has 0 heterocycles. The average molecular weight is 340 g/mol. The Bertz CT molecular complexity index is 884. The fraction of sp³-hybridized carbons (Fsp3) is 0.167. The van der Waals surface area contributed by atoms with Gasteiger partial charge in [-0.1, -0.05) is 48.5 Å². The minimum absolute atomic E-state index is 1.02. The van der Waals surface area contributed by atoms with Crippen molar-refractivity contribution in [2.45, 2.75) is 27.7 Å². The Morgan fingerprint density at radius 1 is 0.538 bits per heavy atom. The zero-order valence-corrected chi connectivity index (χ0v) is 15.8. The molecule has 0 saturated carbocycles. The van der Waals surface area contributed by atoms with E-state index in [4.69, 9.17) is 0 Å². The molecule has 2 nitrogen and oxygen atoms in total. The maximum absolute atomic E-state index is 4.62. The van der Waals surface area contributed by atoms with Gasteiger partial charge in [0, 0.05) is 12.4 Å². The van der Waals surface area contributed by atoms with Crippen molar-refractivity contribution in [1.29, 1.82) is 0 Å². The van der Waals surface area contributed by atoms with Crippen LogP contribution in [-0.2, 0) is 0 Å². The van der Waals surface area contributed by atoms with Crippen LogP contribution in [0.2, 0.25) is 0 Å². The lowest BCUT2D eigenvalue weighted by atomic mass is 10.1. The van der Waals surface area contributed by atoms with E-state index >= 15 is 0 Å². The van der Waals surface area contributed by atoms with E-state index in [0.29, 0.717) is 0 Å². The first-order valence-electron chi connectivity index (χ1n) is 8.84. The van der Waals surface area contributed by atoms with E-state index in [1.807, 2.05) is 12.4 Å². The van der Waals surface area contributed by atoms with Crippen molar-refractivity contribution in [2.75, 3.05) is 0 Å². The number of benzene rings is 3. The summed E-state index contributed by atoms with van der Waals surface area (Å²) in [5.41, 5.74) is 9.01. The van der Waals surface area contributed by atoms with Crippen molar-refractivity contribution in [3.05, 3.63) is 94.0 Å². The van der Waals surface area contributed by atoms with Crippen LogP contribution in [-0.4, -0.2) is 12.4 Å². The van der Waals surface area contributed by atoms with Gasteiger partial charge < -0.3 is 0 Å². The van der Waals surface area contributed by atoms with Crippen LogP contribution in [0.5, 0.6) is 0 Å². The standard InChI is InChI=1S/C24H24N2/c1-17-5-7-19(3)23(13-17)25-15-21-9-11-22(12-10-21)16-26-24-14-18(2)6-8-20(24)4/h5-16H,1-4H3. The van der Waals surface area contributed by atoms with Gasteiger partial charge in [-0.15, -0.1) is 0 Å². The Morgan fingerprint density at radius 3 is 1.31 bits per heavy atom. The van der Waals surface area contributed by atoms with Crippen LogP contribution in [0.25, 0.3) is 0 Å². The van der Waals surface area contributed by atoms with Gasteiger partial charge in [0.1, 0.15) is 0 Å². The number of aryl methyl sites for hydroxylation is 4. The van der Waals surface area contributed by atoms with Crippen LogP contribution >= 0.6 is 0 Å². The largest absolute Gasteiger partial charge is 0.256 e. The second-order valence-corrected chi connectivity index (χ2v) is 6.76. The van der Waals surface area contributed by atoms with E-state index in [-0.39, 0.29) is 0 Å². The molecule has 130 valence electrons. The van der Waals surface area contributed by atoms with Crippen LogP contribution < -0.4 is 0 Å². The Kier molecular flexibility index (Phi) is 5.43. The third kappa shape index (κ3) is 4.54. The van der Waals surface area contributed by atoms with Gasteiger partial charge in [-0.3, -0.25) is 9.98 Å². The monoisotopic (exact) mass is 340 g/mol. The van der Waals surface area contributed by atoms with E-state index in [0.717, 1.165) is 22.5 Å². The fourth-order valence-electron chi connectivity index (χ4n) is 2.67. The molecule has 0 fully saturated rings. The minimum atomic E-state index is 1.02. The number of hydrogen-bond acceptors (Lipinski definition) is 2. The summed E-state index contributed by atoms with van der Waals surface area (Å²) in [6.45, 7) is 8.34. The van der Waals surface area contributed by atoms with Crippen LogP contribution in [0.15, 0.2) is 70.6 Å². The Hall–Kier alpha value is -3.00. The molecule has 3 aromatic carbocycles. The van der Waals surface area contributed by atoms with E-state index in [2.05, 4.69) is 98.3 Å². The summed E-state index contributed by atoms with van der Waals surface area (Å²) in [5, 5.41) is 0. The lowest BCUT2D eigenvalue weighted by Gasteiger charge is -2.02. The predicted octanol–water partition coefficient (Wildman–Crippen LogP) is 6.42. The normalized spacial score (nSPS) is 11.5. The summed E-state index contributed by atoms with van der Waals surface area (Å²) >= 11 is 0. The summed E-state index contributed by atoms with van der Waals surface area (Å²) in [4.78, 5) is 9.25. The molecule has 0 spiro atoms. The SMILES string of the molecule is Cc1ccc(C)c(N=Cc2ccc(C=Nc3cc(C)ccc3C)cc2)c1. The first kappa shape index (κ1) is 17.8. The molecule has 3 rings (SSSR count). The summed E-state index contributed by atoms with van der Waals surface area (Å²) in [6, 6.07) is 20.9. The molecule has 0 aliphatic heterocycles. The Labute approximate surface area is 156 Å². The third-order valence-corrected chi connectivity index (χ3v) is 4.37. The van der Waals surface area contributed by atoms with Crippen LogP contribution in [0, 0.1) is 27.7 Å². The number of hydrogen-bond donors (Lipinski definition) is 0. The summed E-state index contributed by atoms with van der Waals surface area (Å²) in [5.74, 6) is 0. The fourth-order valence-corrected chi connectivity index (χ4v) is 2.67. The number of rotatable bonds is 4. The van der Waals surface area contributed by atoms with Crippen LogP contribution in [0.1, 0.15) is 33.4 Å². The molecule has 0 bridgehead atoms. The molecule has 0 N–H and O–H groups in total. The van der Waals surface area contributed by atoms with Gasteiger partial charge >= 0.3 is 0 Å². The van der Waals surface area contributed by atoms with Gasteiger partial charge in [-0.25, -0.2) is 0 Å². The second-order valence-electron chi connectivity index (χ2n) is 6.76. The predicted molar refractivity (Wildman–Crippen MR) is 113 cm³/mol. The number of aliphatic imine (C=N–C) groups is 2. The molecule has 2 heteroatoms. The number of nitrogens with zero attached hydrogens (tertiary/aromatic N) is 2. The molecule has 0 aromatic heterocycles. The first-order chi connectivity index (χ1) is 12.5. The smallest absolute Gasteiger partial charge is 0.0661 e. The van der Waals surface area contributed by atoms with Crippen molar-refractivity contribution < 1.29 is 0 Å². The molecule has 26 heavy (non-hydrogen) atoms. The van der Waals surface area contributed by atoms with Crippen molar-refractivity contribution in [1.82, 2.24) is 0 Å². The summed E-state index contributed by atoms with van der Waals surface area (Å²) < 4.78 is 0. The quantitative estimate of drug-likeness (QED) is 0.489. The summed E-state index contributed by atoms with van der Waals surface area (Å²) in [6.07, 6.45) is 3.82. The first-order valence-corrected chi connectivity index (χ1v) is 8.84. The highest BCUT2D eigenvalue weighted by atomic mass is 14.7. The molecular formula is C24H24N2. The maximum Gasteiger partial charge on any atom is 0.0661 e. The van der Waals surface area contributed by atoms with E-state index < -0.39 is 0 Å². The molecule has 0 unspecified atom stereocenters. The Balaban J connectivity index is 1.74. The van der Waals surface area contributed by atoms with E-state index in [1.54, 1.807) is 0 Å². The molecule has 0 aliphatic rings. The van der Waals surface area contributed by atoms with Gasteiger partial charge in [-0.2, -0.15) is 0 Å².